The molecule has 3 nitrogen and oxygen atoms in total. The van der Waals surface area contributed by atoms with E-state index in [1.165, 1.54) is 6.07 Å². The predicted octanol–water partition coefficient (Wildman–Crippen LogP) is 2.27. The van der Waals surface area contributed by atoms with Gasteiger partial charge in [-0.3, -0.25) is 4.79 Å². The number of hydrogen-bond acceptors (Lipinski definition) is 2. The third-order valence-electron chi connectivity index (χ3n) is 3.08. The van der Waals surface area contributed by atoms with Crippen molar-refractivity contribution in [3.8, 4) is 0 Å². The molecule has 19 heavy (non-hydrogen) atoms. The second-order valence-corrected chi connectivity index (χ2v) is 4.77. The first-order chi connectivity index (χ1) is 8.68. The van der Waals surface area contributed by atoms with E-state index in [1.54, 1.807) is 17.0 Å². The van der Waals surface area contributed by atoms with Crippen molar-refractivity contribution in [1.82, 2.24) is 10.2 Å². The molecule has 1 heterocycles. The molecule has 1 aromatic rings. The molecule has 106 valence electrons. The molecule has 0 saturated carbocycles. The topological polar surface area (TPSA) is 32.3 Å². The molecule has 0 bridgehead atoms. The van der Waals surface area contributed by atoms with E-state index >= 15 is 0 Å². The quantitative estimate of drug-likeness (QED) is 0.909. The van der Waals surface area contributed by atoms with Crippen molar-refractivity contribution < 1.29 is 9.18 Å². The minimum Gasteiger partial charge on any atom is -0.341 e. The molecule has 1 aliphatic heterocycles. The van der Waals surface area contributed by atoms with Crippen molar-refractivity contribution in [1.29, 1.82) is 0 Å². The molecular weight excluding hydrogens is 290 g/mol. The van der Waals surface area contributed by atoms with Crippen molar-refractivity contribution in [2.24, 2.45) is 0 Å². The normalized spacial score (nSPS) is 15.6. The van der Waals surface area contributed by atoms with Gasteiger partial charge in [0.1, 0.15) is 5.82 Å². The lowest BCUT2D eigenvalue weighted by atomic mass is 10.1. The van der Waals surface area contributed by atoms with Gasteiger partial charge >= 0.3 is 0 Å². The molecule has 1 aliphatic rings. The molecule has 1 fully saturated rings. The summed E-state index contributed by atoms with van der Waals surface area (Å²) >= 11 is 5.92. The van der Waals surface area contributed by atoms with E-state index in [-0.39, 0.29) is 24.7 Å². The van der Waals surface area contributed by atoms with Crippen LogP contribution >= 0.6 is 24.0 Å². The molecule has 0 spiro atoms. The van der Waals surface area contributed by atoms with Crippen LogP contribution in [-0.4, -0.2) is 37.0 Å². The second kappa shape index (κ2) is 7.68. The maximum Gasteiger partial charge on any atom is 0.227 e. The van der Waals surface area contributed by atoms with Gasteiger partial charge in [0.05, 0.1) is 6.42 Å². The summed E-state index contributed by atoms with van der Waals surface area (Å²) in [6.45, 7) is 3.10. The largest absolute Gasteiger partial charge is 0.341 e. The molecule has 1 N–H and O–H groups in total. The van der Waals surface area contributed by atoms with Gasteiger partial charge in [-0.25, -0.2) is 4.39 Å². The Bertz CT molecular complexity index is 414. The van der Waals surface area contributed by atoms with Gasteiger partial charge in [-0.2, -0.15) is 0 Å². The molecule has 1 saturated heterocycles. The van der Waals surface area contributed by atoms with Gasteiger partial charge in [0.15, 0.2) is 0 Å². The van der Waals surface area contributed by atoms with Gasteiger partial charge in [-0.1, -0.05) is 17.7 Å². The second-order valence-electron chi connectivity index (χ2n) is 4.36. The average Bonchev–Trinajstić information content (AvgIpc) is 2.62. The molecule has 0 aromatic heterocycles. The Morgan fingerprint density at radius 3 is 2.89 bits per heavy atom. The zero-order valence-electron chi connectivity index (χ0n) is 10.5. The maximum atomic E-state index is 13.6. The van der Waals surface area contributed by atoms with Crippen molar-refractivity contribution in [3.63, 3.8) is 0 Å². The van der Waals surface area contributed by atoms with Crippen LogP contribution in [0.25, 0.3) is 0 Å². The van der Waals surface area contributed by atoms with Crippen LogP contribution in [0.15, 0.2) is 18.2 Å². The maximum absolute atomic E-state index is 13.6. The van der Waals surface area contributed by atoms with Crippen molar-refractivity contribution in [2.75, 3.05) is 26.2 Å². The van der Waals surface area contributed by atoms with Crippen molar-refractivity contribution in [2.45, 2.75) is 12.8 Å². The summed E-state index contributed by atoms with van der Waals surface area (Å²) in [5.74, 6) is -0.477. The van der Waals surface area contributed by atoms with Gasteiger partial charge in [-0.05, 0) is 25.1 Å². The lowest BCUT2D eigenvalue weighted by molar-refractivity contribution is -0.130. The first kappa shape index (κ1) is 16.2. The van der Waals surface area contributed by atoms with E-state index in [1.807, 2.05) is 0 Å². The van der Waals surface area contributed by atoms with Gasteiger partial charge in [-0.15, -0.1) is 12.4 Å². The van der Waals surface area contributed by atoms with Crippen molar-refractivity contribution >= 4 is 29.9 Å². The zero-order valence-corrected chi connectivity index (χ0v) is 12.1. The van der Waals surface area contributed by atoms with Crippen LogP contribution in [0.5, 0.6) is 0 Å². The molecule has 1 amide bonds. The number of hydrogen-bond donors (Lipinski definition) is 1. The van der Waals surface area contributed by atoms with Gasteiger partial charge in [0.25, 0.3) is 0 Å². The van der Waals surface area contributed by atoms with E-state index < -0.39 is 5.82 Å². The molecule has 0 aliphatic carbocycles. The van der Waals surface area contributed by atoms with Crippen LogP contribution in [-0.2, 0) is 11.2 Å². The van der Waals surface area contributed by atoms with Gasteiger partial charge in [0.2, 0.25) is 5.91 Å². The third kappa shape index (κ3) is 4.34. The number of benzene rings is 1. The Morgan fingerprint density at radius 1 is 1.37 bits per heavy atom. The number of nitrogens with one attached hydrogen (secondary N) is 1. The summed E-state index contributed by atoms with van der Waals surface area (Å²) in [4.78, 5) is 13.9. The number of halogens is 3. The molecule has 0 atom stereocenters. The molecule has 1 aromatic carbocycles. The highest BCUT2D eigenvalue weighted by Crippen LogP contribution is 2.20. The fourth-order valence-corrected chi connectivity index (χ4v) is 2.29. The average molecular weight is 307 g/mol. The number of nitrogens with zero attached hydrogens (tertiary/aromatic N) is 1. The zero-order chi connectivity index (χ0) is 13.0. The fraction of sp³-hybridized carbons (Fsp3) is 0.462. The third-order valence-corrected chi connectivity index (χ3v) is 3.44. The Morgan fingerprint density at radius 2 is 2.16 bits per heavy atom. The molecule has 2 rings (SSSR count). The molecule has 0 radical (unpaired) electrons. The van der Waals surface area contributed by atoms with Crippen LogP contribution in [0.3, 0.4) is 0 Å². The summed E-state index contributed by atoms with van der Waals surface area (Å²) in [7, 11) is 0. The van der Waals surface area contributed by atoms with E-state index in [9.17, 15) is 9.18 Å². The standard InChI is InChI=1S/C13H16ClFN2O.ClH/c14-11-3-1-4-12(15)10(11)9-13(18)17-7-2-5-16-6-8-17;/h1,3-4,16H,2,5-9H2;1H. The summed E-state index contributed by atoms with van der Waals surface area (Å²) in [6, 6.07) is 4.48. The van der Waals surface area contributed by atoms with Crippen LogP contribution in [0.4, 0.5) is 4.39 Å². The SMILES string of the molecule is Cl.O=C(Cc1c(F)cccc1Cl)N1CCCNCC1. The highest BCUT2D eigenvalue weighted by atomic mass is 35.5. The Labute approximate surface area is 123 Å². The Kier molecular flexibility index (Phi) is 6.55. The van der Waals surface area contributed by atoms with E-state index in [2.05, 4.69) is 5.32 Å². The highest BCUT2D eigenvalue weighted by molar-refractivity contribution is 6.31. The van der Waals surface area contributed by atoms with E-state index in [0.717, 1.165) is 26.1 Å². The summed E-state index contributed by atoms with van der Waals surface area (Å²) in [6.07, 6.45) is 0.961. The van der Waals surface area contributed by atoms with Crippen molar-refractivity contribution in [3.05, 3.63) is 34.6 Å². The Balaban J connectivity index is 0.00000180. The smallest absolute Gasteiger partial charge is 0.227 e. The number of rotatable bonds is 2. The van der Waals surface area contributed by atoms with E-state index in [0.29, 0.717) is 17.1 Å². The molecular formula is C13H17Cl2FN2O. The summed E-state index contributed by atoms with van der Waals surface area (Å²) < 4.78 is 13.6. The van der Waals surface area contributed by atoms with Crippen LogP contribution in [0.1, 0.15) is 12.0 Å². The fourth-order valence-electron chi connectivity index (χ4n) is 2.06. The van der Waals surface area contributed by atoms with E-state index in [4.69, 9.17) is 11.6 Å². The predicted molar refractivity (Wildman–Crippen MR) is 76.4 cm³/mol. The van der Waals surface area contributed by atoms with Crippen LogP contribution in [0, 0.1) is 5.82 Å². The number of carbonyl (C=O) groups excluding carboxylic acids is 1. The summed E-state index contributed by atoms with van der Waals surface area (Å²) in [5, 5.41) is 3.54. The van der Waals surface area contributed by atoms with Crippen LogP contribution in [0.2, 0.25) is 5.02 Å². The minimum atomic E-state index is -0.413. The first-order valence-corrected chi connectivity index (χ1v) is 6.47. The summed E-state index contributed by atoms with van der Waals surface area (Å²) in [5.41, 5.74) is 0.293. The van der Waals surface area contributed by atoms with Crippen LogP contribution < -0.4 is 5.32 Å². The number of amides is 1. The minimum absolute atomic E-state index is 0. The highest BCUT2D eigenvalue weighted by Gasteiger charge is 2.18. The monoisotopic (exact) mass is 306 g/mol. The lowest BCUT2D eigenvalue weighted by Gasteiger charge is -2.20. The lowest BCUT2D eigenvalue weighted by Crippen LogP contribution is -2.35. The van der Waals surface area contributed by atoms with Gasteiger partial charge in [0, 0.05) is 30.2 Å². The first-order valence-electron chi connectivity index (χ1n) is 6.10. The molecule has 6 heteroatoms. The molecule has 0 unspecified atom stereocenters. The number of carbonyl (C=O) groups is 1. The van der Waals surface area contributed by atoms with Gasteiger partial charge < -0.3 is 10.2 Å². The Hall–Kier alpha value is -0.840.